The lowest BCUT2D eigenvalue weighted by molar-refractivity contribution is 0.441. The lowest BCUT2D eigenvalue weighted by Crippen LogP contribution is -2.25. The molecule has 0 saturated heterocycles. The van der Waals surface area contributed by atoms with Crippen LogP contribution < -0.4 is 0 Å². The third kappa shape index (κ3) is 4.81. The van der Waals surface area contributed by atoms with Gasteiger partial charge in [0.25, 0.3) is 0 Å². The van der Waals surface area contributed by atoms with E-state index in [1.54, 1.807) is 0 Å². The van der Waals surface area contributed by atoms with Crippen LogP contribution in [0.15, 0.2) is 158 Å². The Balaban J connectivity index is 0.957. The summed E-state index contributed by atoms with van der Waals surface area (Å²) in [5.41, 5.74) is 17.5. The first-order valence-electron chi connectivity index (χ1n) is 19.0. The van der Waals surface area contributed by atoms with Crippen LogP contribution in [0.2, 0.25) is 0 Å². The molecule has 3 atom stereocenters. The smallest absolute Gasteiger partial charge is 0.0702 e. The van der Waals surface area contributed by atoms with Crippen LogP contribution in [0.25, 0.3) is 55.3 Å². The molecule has 2 aromatic heterocycles. The average molecular weight is 671 g/mol. The summed E-state index contributed by atoms with van der Waals surface area (Å²) in [5.74, 6) is 0.435. The quantitative estimate of drug-likeness (QED) is 0.165. The van der Waals surface area contributed by atoms with Crippen molar-refractivity contribution in [1.82, 2.24) is 9.55 Å². The summed E-state index contributed by atoms with van der Waals surface area (Å²) in [6.07, 6.45) is 6.12. The molecule has 2 aliphatic carbocycles. The van der Waals surface area contributed by atoms with Crippen molar-refractivity contribution in [2.75, 3.05) is 0 Å². The lowest BCUT2D eigenvalue weighted by Gasteiger charge is -2.27. The second-order valence-electron chi connectivity index (χ2n) is 15.2. The van der Waals surface area contributed by atoms with Crippen molar-refractivity contribution in [3.05, 3.63) is 186 Å². The topological polar surface area (TPSA) is 17.8 Å². The fraction of sp³-hybridized carbons (Fsp3) is 0.180. The maximum absolute atomic E-state index is 4.65. The van der Waals surface area contributed by atoms with Gasteiger partial charge in [-0.3, -0.25) is 4.98 Å². The van der Waals surface area contributed by atoms with Gasteiger partial charge in [0.15, 0.2) is 0 Å². The van der Waals surface area contributed by atoms with Gasteiger partial charge in [-0.05, 0) is 118 Å². The third-order valence-electron chi connectivity index (χ3n) is 12.3. The molecule has 3 unspecified atom stereocenters. The minimum Gasteiger partial charge on any atom is -0.337 e. The van der Waals surface area contributed by atoms with Gasteiger partial charge in [0, 0.05) is 45.0 Å². The van der Waals surface area contributed by atoms with E-state index >= 15 is 0 Å². The Morgan fingerprint density at radius 3 is 2.00 bits per heavy atom. The Morgan fingerprint density at radius 1 is 0.596 bits per heavy atom. The van der Waals surface area contributed by atoms with E-state index in [0.29, 0.717) is 12.0 Å². The Bertz CT molecular complexity index is 2560. The maximum Gasteiger partial charge on any atom is 0.0702 e. The van der Waals surface area contributed by atoms with Crippen LogP contribution in [0.5, 0.6) is 0 Å². The molecule has 8 aromatic rings. The number of aromatic nitrogens is 2. The number of para-hydroxylation sites is 2. The fourth-order valence-corrected chi connectivity index (χ4v) is 9.73. The number of fused-ring (bicyclic) bond motifs is 9. The first-order valence-corrected chi connectivity index (χ1v) is 19.0. The largest absolute Gasteiger partial charge is 0.337 e. The van der Waals surface area contributed by atoms with E-state index in [-0.39, 0.29) is 5.41 Å². The molecule has 0 amide bonds. The minimum atomic E-state index is -0.0521. The van der Waals surface area contributed by atoms with Crippen molar-refractivity contribution in [3.8, 4) is 33.5 Å². The Labute approximate surface area is 306 Å². The number of pyridine rings is 1. The van der Waals surface area contributed by atoms with E-state index in [2.05, 4.69) is 169 Å². The predicted molar refractivity (Wildman–Crippen MR) is 217 cm³/mol. The van der Waals surface area contributed by atoms with Gasteiger partial charge in [-0.2, -0.15) is 0 Å². The van der Waals surface area contributed by atoms with Gasteiger partial charge in [0.05, 0.1) is 5.69 Å². The van der Waals surface area contributed by atoms with Crippen molar-refractivity contribution < 1.29 is 0 Å². The van der Waals surface area contributed by atoms with Gasteiger partial charge in [-0.1, -0.05) is 129 Å². The van der Waals surface area contributed by atoms with Crippen molar-refractivity contribution in [2.45, 2.75) is 56.9 Å². The van der Waals surface area contributed by atoms with Crippen LogP contribution in [0, 0.1) is 0 Å². The highest BCUT2D eigenvalue weighted by Crippen LogP contribution is 2.56. The first kappa shape index (κ1) is 31.0. The van der Waals surface area contributed by atoms with Gasteiger partial charge in [-0.15, -0.1) is 0 Å². The molecule has 0 fully saturated rings. The molecule has 52 heavy (non-hydrogen) atoms. The summed E-state index contributed by atoms with van der Waals surface area (Å²) in [6.45, 7) is 4.74. The monoisotopic (exact) mass is 670 g/mol. The molecule has 0 radical (unpaired) electrons. The lowest BCUT2D eigenvalue weighted by atomic mass is 9.75. The van der Waals surface area contributed by atoms with E-state index in [1.165, 1.54) is 77.4 Å². The molecule has 0 bridgehead atoms. The molecule has 6 aromatic carbocycles. The standard InChI is InChI=1S/C50H42N2/c1-3-40(52-48-17-8-5-13-43(48)44-14-6-9-18-49(44)52)28-33(2)34-19-21-35(22-20-34)36-25-26-42-41-12-4-7-15-45(41)50(46(42)30-36)31-38-24-23-37(29-39(38)32-50)47-16-10-11-27-51-47/h4-27,29-30,33,40H,3,28,31-32H2,1-2H3. The molecule has 0 aliphatic heterocycles. The highest BCUT2D eigenvalue weighted by atomic mass is 15.0. The van der Waals surface area contributed by atoms with Gasteiger partial charge in [0.1, 0.15) is 0 Å². The molecule has 0 saturated carbocycles. The van der Waals surface area contributed by atoms with E-state index < -0.39 is 0 Å². The molecule has 0 N–H and O–H groups in total. The summed E-state index contributed by atoms with van der Waals surface area (Å²) in [5, 5.41) is 2.70. The fourth-order valence-electron chi connectivity index (χ4n) is 9.73. The predicted octanol–water partition coefficient (Wildman–Crippen LogP) is 12.7. The zero-order valence-electron chi connectivity index (χ0n) is 29.9. The van der Waals surface area contributed by atoms with E-state index in [4.69, 9.17) is 0 Å². The summed E-state index contributed by atoms with van der Waals surface area (Å²) < 4.78 is 2.61. The van der Waals surface area contributed by atoms with Crippen LogP contribution in [-0.2, 0) is 18.3 Å². The molecule has 10 rings (SSSR count). The summed E-state index contributed by atoms with van der Waals surface area (Å²) in [7, 11) is 0. The molecule has 2 heteroatoms. The zero-order valence-corrected chi connectivity index (χ0v) is 29.9. The number of nitrogens with zero attached hydrogens (tertiary/aromatic N) is 2. The highest BCUT2D eigenvalue weighted by molar-refractivity contribution is 6.08. The van der Waals surface area contributed by atoms with Crippen molar-refractivity contribution in [1.29, 1.82) is 0 Å². The van der Waals surface area contributed by atoms with Crippen molar-refractivity contribution in [3.63, 3.8) is 0 Å². The molecule has 252 valence electrons. The zero-order chi connectivity index (χ0) is 34.8. The second kappa shape index (κ2) is 12.2. The van der Waals surface area contributed by atoms with E-state index in [0.717, 1.165) is 31.4 Å². The van der Waals surface area contributed by atoms with Crippen LogP contribution in [0.1, 0.15) is 66.5 Å². The normalized spacial score (nSPS) is 17.0. The van der Waals surface area contributed by atoms with E-state index in [1.807, 2.05) is 12.3 Å². The van der Waals surface area contributed by atoms with Crippen LogP contribution in [0.3, 0.4) is 0 Å². The number of hydrogen-bond donors (Lipinski definition) is 0. The van der Waals surface area contributed by atoms with Crippen LogP contribution in [0.4, 0.5) is 0 Å². The molecular formula is C50H42N2. The Morgan fingerprint density at radius 2 is 1.25 bits per heavy atom. The number of rotatable bonds is 7. The third-order valence-corrected chi connectivity index (χ3v) is 12.3. The van der Waals surface area contributed by atoms with Gasteiger partial charge < -0.3 is 4.57 Å². The second-order valence-corrected chi connectivity index (χ2v) is 15.2. The van der Waals surface area contributed by atoms with Crippen molar-refractivity contribution >= 4 is 21.8 Å². The number of benzene rings is 6. The SMILES string of the molecule is CCC(CC(C)c1ccc(-c2ccc3c(c2)C2(Cc4ccc(-c5ccccn5)cc4C2)c2ccccc2-3)cc1)n1c2ccccc2c2ccccc21. The Kier molecular flexibility index (Phi) is 7.28. The Hall–Kier alpha value is -5.73. The first-order chi connectivity index (χ1) is 25.6. The van der Waals surface area contributed by atoms with Crippen LogP contribution >= 0.6 is 0 Å². The minimum absolute atomic E-state index is 0.0521. The molecule has 2 nitrogen and oxygen atoms in total. The average Bonchev–Trinajstić information content (AvgIpc) is 3.85. The maximum atomic E-state index is 4.65. The van der Waals surface area contributed by atoms with E-state index in [9.17, 15) is 0 Å². The molecule has 2 aliphatic rings. The van der Waals surface area contributed by atoms with Gasteiger partial charge in [-0.25, -0.2) is 0 Å². The number of hydrogen-bond acceptors (Lipinski definition) is 1. The molecular weight excluding hydrogens is 629 g/mol. The van der Waals surface area contributed by atoms with Crippen molar-refractivity contribution in [2.24, 2.45) is 0 Å². The summed E-state index contributed by atoms with van der Waals surface area (Å²) in [6, 6.07) is 57.2. The molecule has 2 heterocycles. The molecule has 1 spiro atoms. The summed E-state index contributed by atoms with van der Waals surface area (Å²) >= 11 is 0. The van der Waals surface area contributed by atoms with Gasteiger partial charge in [0.2, 0.25) is 0 Å². The van der Waals surface area contributed by atoms with Crippen LogP contribution in [-0.4, -0.2) is 9.55 Å². The highest BCUT2D eigenvalue weighted by Gasteiger charge is 2.47. The van der Waals surface area contributed by atoms with Gasteiger partial charge >= 0.3 is 0 Å². The summed E-state index contributed by atoms with van der Waals surface area (Å²) in [4.78, 5) is 4.65.